The second kappa shape index (κ2) is 2.90. The molecular formula is C7H8ClNO. The number of rotatable bonds is 1. The van der Waals surface area contributed by atoms with Gasteiger partial charge >= 0.3 is 0 Å². The average Bonchev–Trinajstić information content (AvgIpc) is 1.88. The molecule has 0 bridgehead atoms. The minimum absolute atomic E-state index is 0.169. The van der Waals surface area contributed by atoms with Crippen molar-refractivity contribution in [1.29, 1.82) is 0 Å². The molecule has 0 aliphatic rings. The third kappa shape index (κ3) is 1.40. The van der Waals surface area contributed by atoms with Crippen LogP contribution in [0.1, 0.15) is 5.56 Å². The van der Waals surface area contributed by atoms with Crippen LogP contribution in [0, 0.1) is 0 Å². The summed E-state index contributed by atoms with van der Waals surface area (Å²) in [5.74, 6) is 0.169. The van der Waals surface area contributed by atoms with E-state index in [1.165, 1.54) is 6.07 Å². The fourth-order valence-electron chi connectivity index (χ4n) is 0.702. The maximum Gasteiger partial charge on any atom is 0.117 e. The van der Waals surface area contributed by atoms with Crippen molar-refractivity contribution in [3.05, 3.63) is 28.8 Å². The third-order valence-electron chi connectivity index (χ3n) is 1.26. The molecule has 10 heavy (non-hydrogen) atoms. The molecule has 1 aromatic carbocycles. The maximum absolute atomic E-state index is 8.91. The first-order chi connectivity index (χ1) is 4.74. The average molecular weight is 158 g/mol. The number of phenols is 1. The van der Waals surface area contributed by atoms with Gasteiger partial charge in [-0.1, -0.05) is 17.7 Å². The molecule has 0 fully saturated rings. The fourth-order valence-corrected chi connectivity index (χ4v) is 0.954. The standard InChI is InChI=1S/C7H8ClNO/c8-7-3-6(10)2-1-5(7)4-9/h1-3,10H,4,9H2. The van der Waals surface area contributed by atoms with Gasteiger partial charge in [-0.25, -0.2) is 0 Å². The summed E-state index contributed by atoms with van der Waals surface area (Å²) in [7, 11) is 0. The van der Waals surface area contributed by atoms with Crippen LogP contribution in [-0.2, 0) is 6.54 Å². The van der Waals surface area contributed by atoms with E-state index in [-0.39, 0.29) is 5.75 Å². The van der Waals surface area contributed by atoms with Gasteiger partial charge in [0.25, 0.3) is 0 Å². The smallest absolute Gasteiger partial charge is 0.117 e. The summed E-state index contributed by atoms with van der Waals surface area (Å²) in [6, 6.07) is 4.75. The van der Waals surface area contributed by atoms with Gasteiger partial charge in [-0.05, 0) is 17.7 Å². The Bertz CT molecular complexity index is 237. The molecule has 3 heteroatoms. The Morgan fingerprint density at radius 3 is 2.70 bits per heavy atom. The molecule has 0 atom stereocenters. The SMILES string of the molecule is NCc1ccc(O)cc1Cl. The van der Waals surface area contributed by atoms with Gasteiger partial charge in [-0.2, -0.15) is 0 Å². The Labute approximate surface area is 64.2 Å². The van der Waals surface area contributed by atoms with E-state index in [0.29, 0.717) is 11.6 Å². The first-order valence-corrected chi connectivity index (χ1v) is 3.29. The predicted octanol–water partition coefficient (Wildman–Crippen LogP) is 1.50. The number of halogens is 1. The van der Waals surface area contributed by atoms with Crippen LogP contribution >= 0.6 is 11.6 Å². The summed E-state index contributed by atoms with van der Waals surface area (Å²) in [5.41, 5.74) is 6.18. The first-order valence-electron chi connectivity index (χ1n) is 2.91. The molecule has 0 amide bonds. The van der Waals surface area contributed by atoms with Crippen LogP contribution in [-0.4, -0.2) is 5.11 Å². The summed E-state index contributed by atoms with van der Waals surface area (Å²) >= 11 is 5.69. The van der Waals surface area contributed by atoms with E-state index in [9.17, 15) is 0 Å². The zero-order valence-electron chi connectivity index (χ0n) is 5.34. The van der Waals surface area contributed by atoms with Crippen LogP contribution in [0.5, 0.6) is 5.75 Å². The highest BCUT2D eigenvalue weighted by Gasteiger charge is 1.97. The third-order valence-corrected chi connectivity index (χ3v) is 1.61. The van der Waals surface area contributed by atoms with Crippen molar-refractivity contribution >= 4 is 11.6 Å². The Balaban J connectivity index is 3.07. The minimum Gasteiger partial charge on any atom is -0.508 e. The van der Waals surface area contributed by atoms with Gasteiger partial charge in [0.2, 0.25) is 0 Å². The lowest BCUT2D eigenvalue weighted by atomic mass is 10.2. The lowest BCUT2D eigenvalue weighted by Crippen LogP contribution is -1.96. The molecule has 0 saturated carbocycles. The first kappa shape index (κ1) is 7.38. The zero-order chi connectivity index (χ0) is 7.56. The molecule has 0 aliphatic carbocycles. The normalized spacial score (nSPS) is 9.80. The van der Waals surface area contributed by atoms with Crippen molar-refractivity contribution in [3.8, 4) is 5.75 Å². The van der Waals surface area contributed by atoms with E-state index in [1.54, 1.807) is 12.1 Å². The number of hydrogen-bond donors (Lipinski definition) is 2. The van der Waals surface area contributed by atoms with Crippen molar-refractivity contribution in [3.63, 3.8) is 0 Å². The molecule has 0 aromatic heterocycles. The molecule has 0 heterocycles. The molecule has 0 aliphatic heterocycles. The minimum atomic E-state index is 0.169. The molecule has 0 saturated heterocycles. The molecule has 0 radical (unpaired) electrons. The van der Waals surface area contributed by atoms with Crippen LogP contribution in [0.15, 0.2) is 18.2 Å². The summed E-state index contributed by atoms with van der Waals surface area (Å²) in [6.45, 7) is 0.402. The summed E-state index contributed by atoms with van der Waals surface area (Å²) in [6.07, 6.45) is 0. The quantitative estimate of drug-likeness (QED) is 0.649. The van der Waals surface area contributed by atoms with Crippen molar-refractivity contribution in [2.45, 2.75) is 6.54 Å². The molecule has 2 nitrogen and oxygen atoms in total. The van der Waals surface area contributed by atoms with E-state index >= 15 is 0 Å². The number of aromatic hydroxyl groups is 1. The van der Waals surface area contributed by atoms with Gasteiger partial charge in [0.05, 0.1) is 0 Å². The van der Waals surface area contributed by atoms with Gasteiger partial charge in [0, 0.05) is 11.6 Å². The molecule has 1 aromatic rings. The van der Waals surface area contributed by atoms with E-state index in [1.807, 2.05) is 0 Å². The topological polar surface area (TPSA) is 46.2 Å². The summed E-state index contributed by atoms with van der Waals surface area (Å²) in [5, 5.41) is 9.42. The second-order valence-corrected chi connectivity index (χ2v) is 2.39. The largest absolute Gasteiger partial charge is 0.508 e. The Morgan fingerprint density at radius 1 is 1.50 bits per heavy atom. The lowest BCUT2D eigenvalue weighted by Gasteiger charge is -1.99. The molecule has 3 N–H and O–H groups in total. The monoisotopic (exact) mass is 157 g/mol. The van der Waals surface area contributed by atoms with Crippen LogP contribution in [0.2, 0.25) is 5.02 Å². The summed E-state index contributed by atoms with van der Waals surface area (Å²) < 4.78 is 0. The van der Waals surface area contributed by atoms with Gasteiger partial charge < -0.3 is 10.8 Å². The fraction of sp³-hybridized carbons (Fsp3) is 0.143. The Morgan fingerprint density at radius 2 is 2.20 bits per heavy atom. The molecule has 0 unspecified atom stereocenters. The highest BCUT2D eigenvalue weighted by molar-refractivity contribution is 6.31. The van der Waals surface area contributed by atoms with E-state index in [0.717, 1.165) is 5.56 Å². The molecule has 0 spiro atoms. The van der Waals surface area contributed by atoms with Gasteiger partial charge in [-0.15, -0.1) is 0 Å². The summed E-state index contributed by atoms with van der Waals surface area (Å²) in [4.78, 5) is 0. The van der Waals surface area contributed by atoms with E-state index in [4.69, 9.17) is 22.4 Å². The van der Waals surface area contributed by atoms with Gasteiger partial charge in [0.1, 0.15) is 5.75 Å². The molecule has 1 rings (SSSR count). The van der Waals surface area contributed by atoms with Crippen LogP contribution in [0.25, 0.3) is 0 Å². The van der Waals surface area contributed by atoms with Gasteiger partial charge in [0.15, 0.2) is 0 Å². The Kier molecular flexibility index (Phi) is 2.14. The number of benzene rings is 1. The van der Waals surface area contributed by atoms with E-state index in [2.05, 4.69) is 0 Å². The number of nitrogens with two attached hydrogens (primary N) is 1. The zero-order valence-corrected chi connectivity index (χ0v) is 6.10. The van der Waals surface area contributed by atoms with Crippen molar-refractivity contribution < 1.29 is 5.11 Å². The highest BCUT2D eigenvalue weighted by atomic mass is 35.5. The molecule has 54 valence electrons. The van der Waals surface area contributed by atoms with Crippen molar-refractivity contribution in [2.24, 2.45) is 5.73 Å². The van der Waals surface area contributed by atoms with Crippen molar-refractivity contribution in [1.82, 2.24) is 0 Å². The maximum atomic E-state index is 8.91. The second-order valence-electron chi connectivity index (χ2n) is 1.98. The predicted molar refractivity (Wildman–Crippen MR) is 41.0 cm³/mol. The van der Waals surface area contributed by atoms with Gasteiger partial charge in [-0.3, -0.25) is 0 Å². The Hall–Kier alpha value is -0.730. The van der Waals surface area contributed by atoms with Crippen LogP contribution < -0.4 is 5.73 Å². The van der Waals surface area contributed by atoms with Crippen LogP contribution in [0.3, 0.4) is 0 Å². The number of phenolic OH excluding ortho intramolecular Hbond substituents is 1. The molecular weight excluding hydrogens is 150 g/mol. The highest BCUT2D eigenvalue weighted by Crippen LogP contribution is 2.20. The number of hydrogen-bond acceptors (Lipinski definition) is 2. The van der Waals surface area contributed by atoms with Crippen LogP contribution in [0.4, 0.5) is 0 Å². The van der Waals surface area contributed by atoms with Crippen molar-refractivity contribution in [2.75, 3.05) is 0 Å². The van der Waals surface area contributed by atoms with E-state index < -0.39 is 0 Å². The lowest BCUT2D eigenvalue weighted by molar-refractivity contribution is 0.475.